The third-order valence-electron chi connectivity index (χ3n) is 4.83. The Labute approximate surface area is 165 Å². The molecule has 28 heavy (non-hydrogen) atoms. The van der Waals surface area contributed by atoms with Gasteiger partial charge in [-0.3, -0.25) is 9.13 Å². The molecule has 1 aromatic carbocycles. The fraction of sp³-hybridized carbons (Fsp3) is 0.571. The molecule has 1 aliphatic heterocycles. The number of aromatic nitrogens is 2. The quantitative estimate of drug-likeness (QED) is 0.578. The van der Waals surface area contributed by atoms with Gasteiger partial charge in [-0.15, -0.1) is 0 Å². The monoisotopic (exact) mass is 389 g/mol. The predicted molar refractivity (Wildman–Crippen MR) is 108 cm³/mol. The van der Waals surface area contributed by atoms with Gasteiger partial charge in [-0.2, -0.15) is 0 Å². The Morgan fingerprint density at radius 1 is 1.18 bits per heavy atom. The Hall–Kier alpha value is -2.41. The maximum atomic E-state index is 12.2. The van der Waals surface area contributed by atoms with Gasteiger partial charge in [-0.05, 0) is 58.2 Å². The number of para-hydroxylation sites is 2. The number of hydrogen-bond acceptors (Lipinski definition) is 5. The second kappa shape index (κ2) is 9.68. The number of unbranched alkanes of at least 4 members (excludes halogenated alkanes) is 1. The van der Waals surface area contributed by atoms with E-state index in [0.29, 0.717) is 13.2 Å². The highest BCUT2D eigenvalue weighted by Gasteiger charge is 2.22. The summed E-state index contributed by atoms with van der Waals surface area (Å²) in [6, 6.07) is 7.70. The molecule has 0 aliphatic carbocycles. The second-order valence-corrected chi connectivity index (χ2v) is 7.38. The second-order valence-electron chi connectivity index (χ2n) is 7.38. The Kier molecular flexibility index (Phi) is 7.03. The van der Waals surface area contributed by atoms with Crippen LogP contribution in [-0.2, 0) is 19.5 Å². The van der Waals surface area contributed by atoms with Crippen molar-refractivity contribution in [1.29, 1.82) is 0 Å². The van der Waals surface area contributed by atoms with Crippen molar-refractivity contribution in [2.75, 3.05) is 19.7 Å². The lowest BCUT2D eigenvalue weighted by Gasteiger charge is -2.15. The third kappa shape index (κ3) is 4.90. The first-order chi connectivity index (χ1) is 13.6. The molecule has 154 valence electrons. The molecular formula is C21H31N3O4. The minimum atomic E-state index is -0.0753. The van der Waals surface area contributed by atoms with E-state index < -0.39 is 0 Å². The SMILES string of the molecule is CC(C)Oc1ccccc1OCCNCCCCn1c(O)c2n(c1=O)CCC2. The van der Waals surface area contributed by atoms with Gasteiger partial charge in [-0.1, -0.05) is 12.1 Å². The first kappa shape index (κ1) is 20.3. The molecule has 0 atom stereocenters. The van der Waals surface area contributed by atoms with Gasteiger partial charge in [0.25, 0.3) is 0 Å². The molecule has 7 nitrogen and oxygen atoms in total. The number of hydrogen-bond donors (Lipinski definition) is 2. The Balaban J connectivity index is 1.32. The minimum absolute atomic E-state index is 0.0753. The first-order valence-electron chi connectivity index (χ1n) is 10.2. The van der Waals surface area contributed by atoms with Crippen LogP contribution in [0.3, 0.4) is 0 Å². The summed E-state index contributed by atoms with van der Waals surface area (Å²) in [5.41, 5.74) is 0.718. The molecule has 0 fully saturated rings. The van der Waals surface area contributed by atoms with Crippen LogP contribution in [0.4, 0.5) is 0 Å². The van der Waals surface area contributed by atoms with E-state index in [2.05, 4.69) is 5.32 Å². The molecule has 0 unspecified atom stereocenters. The van der Waals surface area contributed by atoms with Crippen molar-refractivity contribution >= 4 is 0 Å². The first-order valence-corrected chi connectivity index (χ1v) is 10.2. The highest BCUT2D eigenvalue weighted by molar-refractivity contribution is 5.39. The van der Waals surface area contributed by atoms with E-state index in [4.69, 9.17) is 9.47 Å². The molecule has 2 heterocycles. The number of aromatic hydroxyl groups is 1. The summed E-state index contributed by atoms with van der Waals surface area (Å²) < 4.78 is 14.8. The molecule has 3 rings (SSSR count). The highest BCUT2D eigenvalue weighted by Crippen LogP contribution is 2.27. The lowest BCUT2D eigenvalue weighted by molar-refractivity contribution is 0.221. The van der Waals surface area contributed by atoms with E-state index in [1.807, 2.05) is 38.1 Å². The molecule has 0 saturated heterocycles. The van der Waals surface area contributed by atoms with Crippen LogP contribution >= 0.6 is 0 Å². The third-order valence-corrected chi connectivity index (χ3v) is 4.83. The lowest BCUT2D eigenvalue weighted by atomic mass is 10.3. The number of nitrogens with one attached hydrogen (secondary N) is 1. The van der Waals surface area contributed by atoms with Crippen molar-refractivity contribution in [3.8, 4) is 17.4 Å². The molecule has 1 aliphatic rings. The number of fused-ring (bicyclic) bond motifs is 1. The van der Waals surface area contributed by atoms with Gasteiger partial charge < -0.3 is 19.9 Å². The number of imidazole rings is 1. The maximum absolute atomic E-state index is 12.2. The molecule has 7 heteroatoms. The van der Waals surface area contributed by atoms with E-state index in [1.165, 1.54) is 4.57 Å². The zero-order valence-corrected chi connectivity index (χ0v) is 16.8. The van der Waals surface area contributed by atoms with Crippen LogP contribution in [0.2, 0.25) is 0 Å². The maximum Gasteiger partial charge on any atom is 0.331 e. The van der Waals surface area contributed by atoms with Crippen LogP contribution in [0, 0.1) is 0 Å². The van der Waals surface area contributed by atoms with Gasteiger partial charge in [0, 0.05) is 19.6 Å². The van der Waals surface area contributed by atoms with E-state index in [0.717, 1.165) is 62.5 Å². The zero-order chi connectivity index (χ0) is 19.9. The summed E-state index contributed by atoms with van der Waals surface area (Å²) >= 11 is 0. The van der Waals surface area contributed by atoms with E-state index in [9.17, 15) is 9.90 Å². The van der Waals surface area contributed by atoms with Gasteiger partial charge in [-0.25, -0.2) is 4.79 Å². The predicted octanol–water partition coefficient (Wildman–Crippen LogP) is 2.54. The number of benzene rings is 1. The largest absolute Gasteiger partial charge is 0.493 e. The number of ether oxygens (including phenoxy) is 2. The van der Waals surface area contributed by atoms with Crippen molar-refractivity contribution < 1.29 is 14.6 Å². The lowest BCUT2D eigenvalue weighted by Crippen LogP contribution is -2.25. The van der Waals surface area contributed by atoms with Crippen molar-refractivity contribution in [2.45, 2.75) is 58.7 Å². The van der Waals surface area contributed by atoms with Crippen molar-refractivity contribution in [3.05, 3.63) is 40.4 Å². The molecule has 0 amide bonds. The fourth-order valence-corrected chi connectivity index (χ4v) is 3.51. The van der Waals surface area contributed by atoms with Crippen LogP contribution in [0.25, 0.3) is 0 Å². The minimum Gasteiger partial charge on any atom is -0.493 e. The molecule has 0 radical (unpaired) electrons. The van der Waals surface area contributed by atoms with E-state index >= 15 is 0 Å². The van der Waals surface area contributed by atoms with Crippen LogP contribution in [-0.4, -0.2) is 40.0 Å². The number of nitrogens with zero attached hydrogens (tertiary/aromatic N) is 2. The van der Waals surface area contributed by atoms with E-state index in [1.54, 1.807) is 4.57 Å². The molecule has 2 aromatic rings. The Morgan fingerprint density at radius 2 is 1.96 bits per heavy atom. The van der Waals surface area contributed by atoms with Crippen LogP contribution in [0.1, 0.15) is 38.8 Å². The molecule has 0 spiro atoms. The normalized spacial score (nSPS) is 13.1. The standard InChI is InChI=1S/C21H31N3O4/c1-16(2)28-19-10-4-3-9-18(19)27-15-12-22-11-5-6-13-24-20(25)17-8-7-14-23(17)21(24)26/h3-4,9-10,16,22,25H,5-8,11-15H2,1-2H3. The Bertz CT molecular complexity index is 826. The molecular weight excluding hydrogens is 358 g/mol. The molecule has 0 bridgehead atoms. The van der Waals surface area contributed by atoms with E-state index in [-0.39, 0.29) is 17.7 Å². The number of rotatable bonds is 11. The molecule has 2 N–H and O–H groups in total. The average molecular weight is 389 g/mol. The van der Waals surface area contributed by atoms with Crippen molar-refractivity contribution in [2.24, 2.45) is 0 Å². The van der Waals surface area contributed by atoms with Gasteiger partial charge in [0.15, 0.2) is 11.5 Å². The Morgan fingerprint density at radius 3 is 2.71 bits per heavy atom. The van der Waals surface area contributed by atoms with Gasteiger partial charge >= 0.3 is 5.69 Å². The highest BCUT2D eigenvalue weighted by atomic mass is 16.5. The molecule has 1 aromatic heterocycles. The topological polar surface area (TPSA) is 77.7 Å². The zero-order valence-electron chi connectivity index (χ0n) is 16.8. The summed E-state index contributed by atoms with van der Waals surface area (Å²) in [4.78, 5) is 12.2. The molecule has 0 saturated carbocycles. The summed E-state index contributed by atoms with van der Waals surface area (Å²) in [5.74, 6) is 1.68. The summed E-state index contributed by atoms with van der Waals surface area (Å²) in [6.07, 6.45) is 3.62. The van der Waals surface area contributed by atoms with Crippen LogP contribution in [0.15, 0.2) is 29.1 Å². The van der Waals surface area contributed by atoms with Crippen LogP contribution in [0.5, 0.6) is 17.4 Å². The smallest absolute Gasteiger partial charge is 0.331 e. The van der Waals surface area contributed by atoms with Gasteiger partial charge in [0.2, 0.25) is 5.88 Å². The van der Waals surface area contributed by atoms with Crippen molar-refractivity contribution in [1.82, 2.24) is 14.5 Å². The summed E-state index contributed by atoms with van der Waals surface area (Å²) in [7, 11) is 0. The fourth-order valence-electron chi connectivity index (χ4n) is 3.51. The summed E-state index contributed by atoms with van der Waals surface area (Å²) in [5, 5.41) is 13.5. The van der Waals surface area contributed by atoms with Gasteiger partial charge in [0.1, 0.15) is 6.61 Å². The van der Waals surface area contributed by atoms with Gasteiger partial charge in [0.05, 0.1) is 11.8 Å². The average Bonchev–Trinajstić information content (AvgIpc) is 3.23. The van der Waals surface area contributed by atoms with Crippen LogP contribution < -0.4 is 20.5 Å². The summed E-state index contributed by atoms with van der Waals surface area (Å²) in [6.45, 7) is 7.41. The van der Waals surface area contributed by atoms with Crippen molar-refractivity contribution in [3.63, 3.8) is 0 Å².